The Kier molecular flexibility index (Phi) is 4.03. The van der Waals surface area contributed by atoms with E-state index >= 15 is 0 Å². The average Bonchev–Trinajstić information content (AvgIpc) is 1.90. The zero-order chi connectivity index (χ0) is 8.15. The first kappa shape index (κ1) is 9.43. The fourth-order valence-electron chi connectivity index (χ4n) is 0.951. The molecule has 0 aromatic carbocycles. The van der Waals surface area contributed by atoms with Crippen LogP contribution in [0.4, 0.5) is 0 Å². The lowest BCUT2D eigenvalue weighted by Gasteiger charge is -2.22. The van der Waals surface area contributed by atoms with Crippen molar-refractivity contribution in [2.24, 2.45) is 5.73 Å². The van der Waals surface area contributed by atoms with Gasteiger partial charge in [-0.05, 0) is 20.0 Å². The standard InChI is InChI=1S/C7H16N2O/c1-4-9(5-2)6(3)7(8)10/h6H,4-5H2,1-3H3,(H2,8,10)/t6-/m0/s1. The van der Waals surface area contributed by atoms with Crippen molar-refractivity contribution < 1.29 is 4.79 Å². The van der Waals surface area contributed by atoms with Crippen LogP contribution in [0.25, 0.3) is 0 Å². The number of carbonyl (C=O) groups excluding carboxylic acids is 1. The van der Waals surface area contributed by atoms with Crippen LogP contribution < -0.4 is 5.73 Å². The summed E-state index contributed by atoms with van der Waals surface area (Å²) in [7, 11) is 0. The van der Waals surface area contributed by atoms with E-state index in [1.807, 2.05) is 25.7 Å². The Morgan fingerprint density at radius 2 is 1.90 bits per heavy atom. The maximum absolute atomic E-state index is 10.6. The molecule has 0 saturated heterocycles. The van der Waals surface area contributed by atoms with Gasteiger partial charge in [-0.15, -0.1) is 0 Å². The lowest BCUT2D eigenvalue weighted by molar-refractivity contribution is -0.122. The molecule has 0 radical (unpaired) electrons. The van der Waals surface area contributed by atoms with Crippen molar-refractivity contribution in [3.8, 4) is 0 Å². The molecule has 0 heterocycles. The molecular weight excluding hydrogens is 128 g/mol. The summed E-state index contributed by atoms with van der Waals surface area (Å²) < 4.78 is 0. The molecule has 0 unspecified atom stereocenters. The minimum atomic E-state index is -0.247. The van der Waals surface area contributed by atoms with Crippen LogP contribution >= 0.6 is 0 Å². The Morgan fingerprint density at radius 3 is 2.00 bits per heavy atom. The molecule has 1 atom stereocenters. The number of carbonyl (C=O) groups is 1. The Balaban J connectivity index is 3.88. The molecular formula is C7H16N2O. The molecule has 0 rings (SSSR count). The summed E-state index contributed by atoms with van der Waals surface area (Å²) in [5, 5.41) is 0. The van der Waals surface area contributed by atoms with Crippen molar-refractivity contribution in [3.63, 3.8) is 0 Å². The SMILES string of the molecule is CCN(CC)[C@@H](C)C(N)=O. The lowest BCUT2D eigenvalue weighted by Crippen LogP contribution is -2.42. The second kappa shape index (κ2) is 4.28. The minimum absolute atomic E-state index is 0.130. The number of nitrogens with zero attached hydrogens (tertiary/aromatic N) is 1. The normalized spacial score (nSPS) is 13.6. The summed E-state index contributed by atoms with van der Waals surface area (Å²) in [5.74, 6) is -0.247. The summed E-state index contributed by atoms with van der Waals surface area (Å²) in [5.41, 5.74) is 5.11. The van der Waals surface area contributed by atoms with Gasteiger partial charge in [0.1, 0.15) is 0 Å². The van der Waals surface area contributed by atoms with Crippen molar-refractivity contribution in [1.82, 2.24) is 4.90 Å². The molecule has 0 aromatic heterocycles. The molecule has 1 amide bonds. The number of likely N-dealkylation sites (N-methyl/N-ethyl adjacent to an activating group) is 1. The molecule has 10 heavy (non-hydrogen) atoms. The van der Waals surface area contributed by atoms with E-state index in [1.165, 1.54) is 0 Å². The second-order valence-corrected chi connectivity index (χ2v) is 2.30. The van der Waals surface area contributed by atoms with Gasteiger partial charge < -0.3 is 5.73 Å². The molecule has 0 aliphatic rings. The van der Waals surface area contributed by atoms with Crippen LogP contribution in [0.3, 0.4) is 0 Å². The predicted octanol–water partition coefficient (Wildman–Crippen LogP) is 0.202. The fourth-order valence-corrected chi connectivity index (χ4v) is 0.951. The first-order valence-electron chi connectivity index (χ1n) is 3.66. The molecule has 3 nitrogen and oxygen atoms in total. The van der Waals surface area contributed by atoms with Gasteiger partial charge in [-0.25, -0.2) is 0 Å². The molecule has 60 valence electrons. The van der Waals surface area contributed by atoms with E-state index in [9.17, 15) is 4.79 Å². The highest BCUT2D eigenvalue weighted by atomic mass is 16.1. The molecule has 0 aromatic rings. The second-order valence-electron chi connectivity index (χ2n) is 2.30. The van der Waals surface area contributed by atoms with E-state index in [0.717, 1.165) is 13.1 Å². The van der Waals surface area contributed by atoms with E-state index in [2.05, 4.69) is 0 Å². The maximum atomic E-state index is 10.6. The molecule has 0 saturated carbocycles. The smallest absolute Gasteiger partial charge is 0.234 e. The Labute approximate surface area is 62.2 Å². The molecule has 0 aliphatic heterocycles. The highest BCUT2D eigenvalue weighted by Crippen LogP contribution is 1.95. The molecule has 0 spiro atoms. The van der Waals surface area contributed by atoms with Crippen LogP contribution in [-0.2, 0) is 4.79 Å². The van der Waals surface area contributed by atoms with Crippen LogP contribution in [0.1, 0.15) is 20.8 Å². The van der Waals surface area contributed by atoms with Crippen molar-refractivity contribution >= 4 is 5.91 Å². The van der Waals surface area contributed by atoms with Crippen LogP contribution in [0, 0.1) is 0 Å². The number of rotatable bonds is 4. The third-order valence-electron chi connectivity index (χ3n) is 1.77. The number of primary amides is 1. The van der Waals surface area contributed by atoms with Gasteiger partial charge in [-0.3, -0.25) is 9.69 Å². The largest absolute Gasteiger partial charge is 0.368 e. The van der Waals surface area contributed by atoms with Crippen molar-refractivity contribution in [2.45, 2.75) is 26.8 Å². The van der Waals surface area contributed by atoms with Gasteiger partial charge in [0.2, 0.25) is 5.91 Å². The first-order chi connectivity index (χ1) is 4.63. The number of hydrogen-bond acceptors (Lipinski definition) is 2. The van der Waals surface area contributed by atoms with E-state index in [0.29, 0.717) is 0 Å². The number of nitrogens with two attached hydrogens (primary N) is 1. The molecule has 0 fully saturated rings. The van der Waals surface area contributed by atoms with Gasteiger partial charge in [-0.1, -0.05) is 13.8 Å². The number of hydrogen-bond donors (Lipinski definition) is 1. The highest BCUT2D eigenvalue weighted by molar-refractivity contribution is 5.79. The van der Waals surface area contributed by atoms with E-state index in [1.54, 1.807) is 0 Å². The van der Waals surface area contributed by atoms with Crippen LogP contribution in [0.2, 0.25) is 0 Å². The number of amides is 1. The van der Waals surface area contributed by atoms with Crippen LogP contribution in [0.5, 0.6) is 0 Å². The fraction of sp³-hybridized carbons (Fsp3) is 0.857. The predicted molar refractivity (Wildman–Crippen MR) is 41.6 cm³/mol. The molecule has 3 heteroatoms. The summed E-state index contributed by atoms with van der Waals surface area (Å²) in [6, 6.07) is -0.130. The summed E-state index contributed by atoms with van der Waals surface area (Å²) in [6.07, 6.45) is 0. The van der Waals surface area contributed by atoms with Gasteiger partial charge in [0, 0.05) is 0 Å². The Bertz CT molecular complexity index is 110. The van der Waals surface area contributed by atoms with Gasteiger partial charge in [-0.2, -0.15) is 0 Å². The highest BCUT2D eigenvalue weighted by Gasteiger charge is 2.14. The Hall–Kier alpha value is -0.570. The van der Waals surface area contributed by atoms with Crippen molar-refractivity contribution in [3.05, 3.63) is 0 Å². The first-order valence-corrected chi connectivity index (χ1v) is 3.66. The zero-order valence-corrected chi connectivity index (χ0v) is 6.92. The third-order valence-corrected chi connectivity index (χ3v) is 1.77. The molecule has 0 aliphatic carbocycles. The third kappa shape index (κ3) is 2.35. The summed E-state index contributed by atoms with van der Waals surface area (Å²) >= 11 is 0. The monoisotopic (exact) mass is 144 g/mol. The van der Waals surface area contributed by atoms with Crippen molar-refractivity contribution in [1.29, 1.82) is 0 Å². The lowest BCUT2D eigenvalue weighted by atomic mass is 10.3. The zero-order valence-electron chi connectivity index (χ0n) is 6.92. The molecule has 0 bridgehead atoms. The van der Waals surface area contributed by atoms with Crippen LogP contribution in [-0.4, -0.2) is 29.9 Å². The van der Waals surface area contributed by atoms with Gasteiger partial charge in [0.25, 0.3) is 0 Å². The van der Waals surface area contributed by atoms with Gasteiger partial charge in [0.05, 0.1) is 6.04 Å². The van der Waals surface area contributed by atoms with E-state index < -0.39 is 0 Å². The van der Waals surface area contributed by atoms with Crippen LogP contribution in [0.15, 0.2) is 0 Å². The topological polar surface area (TPSA) is 46.3 Å². The van der Waals surface area contributed by atoms with Gasteiger partial charge in [0.15, 0.2) is 0 Å². The minimum Gasteiger partial charge on any atom is -0.368 e. The Morgan fingerprint density at radius 1 is 1.50 bits per heavy atom. The summed E-state index contributed by atoms with van der Waals surface area (Å²) in [6.45, 7) is 7.61. The van der Waals surface area contributed by atoms with Gasteiger partial charge >= 0.3 is 0 Å². The quantitative estimate of drug-likeness (QED) is 0.612. The average molecular weight is 144 g/mol. The van der Waals surface area contributed by atoms with Crippen molar-refractivity contribution in [2.75, 3.05) is 13.1 Å². The maximum Gasteiger partial charge on any atom is 0.234 e. The molecule has 2 N–H and O–H groups in total. The van der Waals surface area contributed by atoms with E-state index in [-0.39, 0.29) is 11.9 Å². The van der Waals surface area contributed by atoms with E-state index in [4.69, 9.17) is 5.73 Å². The summed E-state index contributed by atoms with van der Waals surface area (Å²) in [4.78, 5) is 12.7.